The molecule has 0 aromatic rings. The van der Waals surface area contributed by atoms with Crippen molar-refractivity contribution < 1.29 is 5.03 Å². The smallest absolute Gasteiger partial charge is 0.166 e. The summed E-state index contributed by atoms with van der Waals surface area (Å²) >= 11 is 0. The van der Waals surface area contributed by atoms with Gasteiger partial charge in [0.2, 0.25) is 0 Å². The molecule has 0 rings (SSSR count). The fraction of sp³-hybridized carbons (Fsp3) is 0.750. The van der Waals surface area contributed by atoms with Gasteiger partial charge in [-0.05, 0) is 6.92 Å². The Hall–Kier alpha value is -1.13. The van der Waals surface area contributed by atoms with Crippen molar-refractivity contribution in [2.24, 2.45) is 4.99 Å². The van der Waals surface area contributed by atoms with E-state index in [1.165, 1.54) is 13.4 Å². The van der Waals surface area contributed by atoms with Gasteiger partial charge in [-0.1, -0.05) is 5.01 Å². The van der Waals surface area contributed by atoms with Crippen LogP contribution in [-0.2, 0) is 0 Å². The van der Waals surface area contributed by atoms with E-state index in [4.69, 9.17) is 0 Å². The van der Waals surface area contributed by atoms with Gasteiger partial charge in [0, 0.05) is 7.05 Å². The predicted octanol–water partition coefficient (Wildman–Crippen LogP) is 0.158. The monoisotopic (exact) mass is 131 g/mol. The Morgan fingerprint density at radius 2 is 2.44 bits per heavy atom. The van der Waals surface area contributed by atoms with Gasteiger partial charge in [-0.3, -0.25) is 4.99 Å². The van der Waals surface area contributed by atoms with E-state index < -0.39 is 5.03 Å². The Bertz CT molecular complexity index is 123. The van der Waals surface area contributed by atoms with Gasteiger partial charge in [0.1, 0.15) is 0 Å². The van der Waals surface area contributed by atoms with Crippen LogP contribution in [0, 0.1) is 10.1 Å². The maximum atomic E-state index is 9.96. The summed E-state index contributed by atoms with van der Waals surface area (Å²) in [7, 11) is 1.49. The van der Waals surface area contributed by atoms with E-state index in [2.05, 4.69) is 4.99 Å². The molecule has 5 heteroatoms. The average Bonchev–Trinajstić information content (AvgIpc) is 1.82. The molecule has 9 heavy (non-hydrogen) atoms. The number of rotatable bonds is 3. The minimum Gasteiger partial charge on any atom is -0.274 e. The van der Waals surface area contributed by atoms with Crippen molar-refractivity contribution in [1.82, 2.24) is 5.01 Å². The van der Waals surface area contributed by atoms with E-state index in [0.29, 0.717) is 6.54 Å². The Kier molecular flexibility index (Phi) is 3.34. The van der Waals surface area contributed by atoms with E-state index in [-0.39, 0.29) is 0 Å². The van der Waals surface area contributed by atoms with Crippen LogP contribution in [0.3, 0.4) is 0 Å². The molecule has 0 heterocycles. The zero-order valence-corrected chi connectivity index (χ0v) is 5.44. The van der Waals surface area contributed by atoms with Gasteiger partial charge in [0.25, 0.3) is 0 Å². The van der Waals surface area contributed by atoms with Crippen LogP contribution in [0.2, 0.25) is 0 Å². The number of nitrogens with zero attached hydrogens (tertiary/aromatic N) is 3. The van der Waals surface area contributed by atoms with Gasteiger partial charge in [0.15, 0.2) is 11.4 Å². The van der Waals surface area contributed by atoms with Crippen molar-refractivity contribution in [3.05, 3.63) is 10.1 Å². The summed E-state index contributed by atoms with van der Waals surface area (Å²) in [5.41, 5.74) is 0. The molecule has 0 saturated carbocycles. The van der Waals surface area contributed by atoms with Gasteiger partial charge in [-0.15, -0.1) is 0 Å². The first-order valence-electron chi connectivity index (χ1n) is 2.55. The Morgan fingerprint density at radius 1 is 1.89 bits per heavy atom. The Morgan fingerprint density at radius 3 is 2.56 bits per heavy atom. The summed E-state index contributed by atoms with van der Waals surface area (Å²) in [5.74, 6) is 0. The molecule has 0 aliphatic heterocycles. The van der Waals surface area contributed by atoms with Gasteiger partial charge in [-0.2, -0.15) is 0 Å². The predicted molar refractivity (Wildman–Crippen MR) is 33.8 cm³/mol. The standard InChI is InChI=1S/C4H9N3O2/c1-3-6(4-5-2)7(8)9/h4H,3H2,1-2H3/b5-4+. The molecule has 0 bridgehead atoms. The third-order valence-corrected chi connectivity index (χ3v) is 0.783. The number of hydrogen-bond acceptors (Lipinski definition) is 3. The molecule has 0 fully saturated rings. The van der Waals surface area contributed by atoms with Gasteiger partial charge in [0.05, 0.1) is 6.54 Å². The quantitative estimate of drug-likeness (QED) is 0.237. The Balaban J connectivity index is 3.83. The van der Waals surface area contributed by atoms with Crippen molar-refractivity contribution in [1.29, 1.82) is 0 Å². The molecule has 0 saturated heterocycles. The molecule has 0 spiro atoms. The number of nitro groups is 1. The van der Waals surface area contributed by atoms with Crippen molar-refractivity contribution in [3.8, 4) is 0 Å². The summed E-state index contributed by atoms with van der Waals surface area (Å²) in [5, 5.41) is 10.4. The fourth-order valence-electron chi connectivity index (χ4n) is 0.373. The topological polar surface area (TPSA) is 58.7 Å². The molecule has 0 aliphatic carbocycles. The molecular formula is C4H9N3O2. The van der Waals surface area contributed by atoms with E-state index in [1.54, 1.807) is 6.92 Å². The molecule has 0 aromatic heterocycles. The van der Waals surface area contributed by atoms with E-state index in [9.17, 15) is 10.1 Å². The van der Waals surface area contributed by atoms with Crippen molar-refractivity contribution in [3.63, 3.8) is 0 Å². The summed E-state index contributed by atoms with van der Waals surface area (Å²) in [6.07, 6.45) is 1.18. The van der Waals surface area contributed by atoms with Crippen LogP contribution in [0.15, 0.2) is 4.99 Å². The van der Waals surface area contributed by atoms with E-state index in [1.807, 2.05) is 0 Å². The van der Waals surface area contributed by atoms with Gasteiger partial charge < -0.3 is 0 Å². The highest BCUT2D eigenvalue weighted by Crippen LogP contribution is 1.80. The highest BCUT2D eigenvalue weighted by atomic mass is 16.7. The summed E-state index contributed by atoms with van der Waals surface area (Å²) < 4.78 is 0. The lowest BCUT2D eigenvalue weighted by molar-refractivity contribution is -0.626. The molecular weight excluding hydrogens is 122 g/mol. The summed E-state index contributed by atoms with van der Waals surface area (Å²) in [6, 6.07) is 0. The first-order chi connectivity index (χ1) is 4.22. The zero-order chi connectivity index (χ0) is 7.28. The summed E-state index contributed by atoms with van der Waals surface area (Å²) in [6.45, 7) is 2.02. The maximum absolute atomic E-state index is 9.96. The SMILES string of the molecule is CCN(/C=N/C)[N+](=O)[O-]. The molecule has 52 valence electrons. The lowest BCUT2D eigenvalue weighted by Gasteiger charge is -2.02. The highest BCUT2D eigenvalue weighted by Gasteiger charge is 2.04. The second-order valence-corrected chi connectivity index (χ2v) is 1.37. The molecule has 0 radical (unpaired) electrons. The van der Waals surface area contributed by atoms with Crippen LogP contribution < -0.4 is 0 Å². The van der Waals surface area contributed by atoms with Crippen molar-refractivity contribution in [2.45, 2.75) is 6.92 Å². The summed E-state index contributed by atoms with van der Waals surface area (Å²) in [4.78, 5) is 13.4. The normalized spacial score (nSPS) is 10.0. The second-order valence-electron chi connectivity index (χ2n) is 1.37. The molecule has 0 aliphatic rings. The largest absolute Gasteiger partial charge is 0.274 e. The van der Waals surface area contributed by atoms with Crippen LogP contribution in [-0.4, -0.2) is 30.0 Å². The number of hydrazine groups is 1. The van der Waals surface area contributed by atoms with Gasteiger partial charge >= 0.3 is 0 Å². The first-order valence-corrected chi connectivity index (χ1v) is 2.55. The number of hydrogen-bond donors (Lipinski definition) is 0. The van der Waals surface area contributed by atoms with Crippen LogP contribution in [0.5, 0.6) is 0 Å². The molecule has 0 atom stereocenters. The lowest BCUT2D eigenvalue weighted by atomic mass is 10.7. The Labute approximate surface area is 53.1 Å². The molecule has 5 nitrogen and oxygen atoms in total. The molecule has 0 unspecified atom stereocenters. The maximum Gasteiger partial charge on any atom is 0.166 e. The first kappa shape index (κ1) is 7.87. The van der Waals surface area contributed by atoms with Crippen LogP contribution in [0.1, 0.15) is 6.92 Å². The molecule has 0 amide bonds. The van der Waals surface area contributed by atoms with E-state index >= 15 is 0 Å². The lowest BCUT2D eigenvalue weighted by Crippen LogP contribution is -2.27. The van der Waals surface area contributed by atoms with Crippen molar-refractivity contribution in [2.75, 3.05) is 13.6 Å². The van der Waals surface area contributed by atoms with Crippen LogP contribution in [0.4, 0.5) is 0 Å². The van der Waals surface area contributed by atoms with Crippen LogP contribution in [0.25, 0.3) is 0 Å². The third-order valence-electron chi connectivity index (χ3n) is 0.783. The van der Waals surface area contributed by atoms with Gasteiger partial charge in [-0.25, -0.2) is 10.1 Å². The van der Waals surface area contributed by atoms with E-state index in [0.717, 1.165) is 5.01 Å². The third kappa shape index (κ3) is 2.63. The minimum atomic E-state index is -0.507. The molecule has 0 aromatic carbocycles. The zero-order valence-electron chi connectivity index (χ0n) is 5.44. The number of aliphatic imine (C=N–C) groups is 1. The van der Waals surface area contributed by atoms with Crippen LogP contribution >= 0.6 is 0 Å². The fourth-order valence-corrected chi connectivity index (χ4v) is 0.373. The van der Waals surface area contributed by atoms with Crippen molar-refractivity contribution >= 4 is 6.34 Å². The minimum absolute atomic E-state index is 0.338. The average molecular weight is 131 g/mol. The second kappa shape index (κ2) is 3.82. The highest BCUT2D eigenvalue weighted by molar-refractivity contribution is 5.52. The molecule has 0 N–H and O–H groups in total.